The van der Waals surface area contributed by atoms with E-state index in [4.69, 9.17) is 4.74 Å². The molecule has 0 unspecified atom stereocenters. The lowest BCUT2D eigenvalue weighted by Crippen LogP contribution is -2.53. The molecule has 0 spiro atoms. The molecule has 2 heterocycles. The standard InChI is InChI=1S/C23H33FN4O4/c1-5-6-11-23(17-7-9-18(24)10-8-17)19(29)28(20(30)25-23)16-26-12-14-27(15-13-26)21(31)32-22(2,3)4/h7-10H,5-6,11-16H2,1-4H3,(H,25,30)/t23-/m0/s1. The molecule has 32 heavy (non-hydrogen) atoms. The molecule has 1 aromatic rings. The molecule has 176 valence electrons. The maximum Gasteiger partial charge on any atom is 0.410 e. The van der Waals surface area contributed by atoms with Crippen LogP contribution in [0.1, 0.15) is 52.5 Å². The normalized spacial score (nSPS) is 22.3. The monoisotopic (exact) mass is 448 g/mol. The number of ether oxygens (including phenoxy) is 1. The number of nitrogens with one attached hydrogen (secondary N) is 1. The van der Waals surface area contributed by atoms with E-state index in [1.165, 1.54) is 17.0 Å². The number of urea groups is 1. The average Bonchev–Trinajstić information content (AvgIpc) is 2.97. The molecule has 2 aliphatic rings. The van der Waals surface area contributed by atoms with Crippen molar-refractivity contribution in [1.29, 1.82) is 0 Å². The van der Waals surface area contributed by atoms with Gasteiger partial charge in [0, 0.05) is 26.2 Å². The minimum absolute atomic E-state index is 0.141. The van der Waals surface area contributed by atoms with E-state index in [0.29, 0.717) is 38.2 Å². The smallest absolute Gasteiger partial charge is 0.410 e. The average molecular weight is 449 g/mol. The van der Waals surface area contributed by atoms with E-state index in [1.807, 2.05) is 32.6 Å². The second-order valence-corrected chi connectivity index (χ2v) is 9.41. The topological polar surface area (TPSA) is 82.2 Å². The number of nitrogens with zero attached hydrogens (tertiary/aromatic N) is 3. The Kier molecular flexibility index (Phi) is 7.07. The van der Waals surface area contributed by atoms with Gasteiger partial charge in [-0.05, 0) is 44.9 Å². The van der Waals surface area contributed by atoms with E-state index in [9.17, 15) is 18.8 Å². The highest BCUT2D eigenvalue weighted by molar-refractivity contribution is 6.07. The fourth-order valence-corrected chi connectivity index (χ4v) is 4.04. The number of imide groups is 1. The molecule has 2 aliphatic heterocycles. The molecule has 1 N–H and O–H groups in total. The molecular weight excluding hydrogens is 415 g/mol. The Morgan fingerprint density at radius 3 is 2.31 bits per heavy atom. The zero-order valence-corrected chi connectivity index (χ0v) is 19.3. The van der Waals surface area contributed by atoms with Gasteiger partial charge in [0.25, 0.3) is 5.91 Å². The summed E-state index contributed by atoms with van der Waals surface area (Å²) in [5, 5.41) is 2.88. The van der Waals surface area contributed by atoms with Crippen molar-refractivity contribution in [2.24, 2.45) is 0 Å². The summed E-state index contributed by atoms with van der Waals surface area (Å²) in [6, 6.07) is 5.28. The number of hydrogen-bond donors (Lipinski definition) is 1. The number of unbranched alkanes of at least 4 members (excludes halogenated alkanes) is 1. The molecule has 2 fully saturated rings. The third kappa shape index (κ3) is 5.20. The number of piperazine rings is 1. The Morgan fingerprint density at radius 1 is 1.12 bits per heavy atom. The predicted molar refractivity (Wildman–Crippen MR) is 117 cm³/mol. The third-order valence-corrected chi connectivity index (χ3v) is 5.78. The van der Waals surface area contributed by atoms with Crippen LogP contribution in [0.3, 0.4) is 0 Å². The number of benzene rings is 1. The molecule has 1 atom stereocenters. The molecule has 0 aliphatic carbocycles. The second kappa shape index (κ2) is 9.44. The van der Waals surface area contributed by atoms with E-state index in [2.05, 4.69) is 5.32 Å². The first kappa shape index (κ1) is 24.0. The van der Waals surface area contributed by atoms with E-state index < -0.39 is 23.0 Å². The summed E-state index contributed by atoms with van der Waals surface area (Å²) < 4.78 is 18.9. The second-order valence-electron chi connectivity index (χ2n) is 9.41. The van der Waals surface area contributed by atoms with Gasteiger partial charge in [0.1, 0.15) is 17.0 Å². The quantitative estimate of drug-likeness (QED) is 0.676. The lowest BCUT2D eigenvalue weighted by Gasteiger charge is -2.36. The van der Waals surface area contributed by atoms with Crippen molar-refractivity contribution >= 4 is 18.0 Å². The van der Waals surface area contributed by atoms with Crippen LogP contribution in [0.5, 0.6) is 0 Å². The molecule has 9 heteroatoms. The summed E-state index contributed by atoms with van der Waals surface area (Å²) in [7, 11) is 0. The summed E-state index contributed by atoms with van der Waals surface area (Å²) in [6.45, 7) is 9.59. The molecule has 0 bridgehead atoms. The first-order chi connectivity index (χ1) is 15.1. The van der Waals surface area contributed by atoms with Crippen molar-refractivity contribution in [2.45, 2.75) is 58.1 Å². The number of hydrogen-bond acceptors (Lipinski definition) is 5. The number of carbonyl (C=O) groups excluding carboxylic acids is 3. The van der Waals surface area contributed by atoms with Crippen LogP contribution >= 0.6 is 0 Å². The van der Waals surface area contributed by atoms with Crippen LogP contribution in [-0.2, 0) is 15.1 Å². The summed E-state index contributed by atoms with van der Waals surface area (Å²) in [5.74, 6) is -0.715. The summed E-state index contributed by atoms with van der Waals surface area (Å²) >= 11 is 0. The highest BCUT2D eigenvalue weighted by Crippen LogP contribution is 2.34. The van der Waals surface area contributed by atoms with Crippen LogP contribution in [0.15, 0.2) is 24.3 Å². The van der Waals surface area contributed by atoms with Gasteiger partial charge < -0.3 is 15.0 Å². The van der Waals surface area contributed by atoms with E-state index in [0.717, 1.165) is 12.8 Å². The van der Waals surface area contributed by atoms with E-state index >= 15 is 0 Å². The summed E-state index contributed by atoms with van der Waals surface area (Å²) in [4.78, 5) is 43.4. The Labute approximate surface area is 188 Å². The lowest BCUT2D eigenvalue weighted by molar-refractivity contribution is -0.133. The van der Waals surface area contributed by atoms with Crippen molar-refractivity contribution in [1.82, 2.24) is 20.0 Å². The van der Waals surface area contributed by atoms with Gasteiger partial charge in [-0.25, -0.2) is 18.9 Å². The van der Waals surface area contributed by atoms with Crippen molar-refractivity contribution < 1.29 is 23.5 Å². The zero-order chi connectivity index (χ0) is 23.5. The largest absolute Gasteiger partial charge is 0.444 e. The Balaban J connectivity index is 1.68. The lowest BCUT2D eigenvalue weighted by atomic mass is 9.85. The molecule has 2 saturated heterocycles. The molecule has 0 radical (unpaired) electrons. The highest BCUT2D eigenvalue weighted by Gasteiger charge is 2.52. The van der Waals surface area contributed by atoms with Gasteiger partial charge in [0.05, 0.1) is 6.67 Å². The third-order valence-electron chi connectivity index (χ3n) is 5.78. The fraction of sp³-hybridized carbons (Fsp3) is 0.609. The van der Waals surface area contributed by atoms with Crippen LogP contribution in [-0.4, -0.2) is 71.2 Å². The fourth-order valence-electron chi connectivity index (χ4n) is 4.04. The van der Waals surface area contributed by atoms with Crippen molar-refractivity contribution in [3.05, 3.63) is 35.6 Å². The van der Waals surface area contributed by atoms with Gasteiger partial charge in [0.15, 0.2) is 0 Å². The maximum absolute atomic E-state index is 13.5. The number of halogens is 1. The predicted octanol–water partition coefficient (Wildman–Crippen LogP) is 3.27. The minimum atomic E-state index is -1.18. The van der Waals surface area contributed by atoms with E-state index in [1.54, 1.807) is 17.0 Å². The van der Waals surface area contributed by atoms with E-state index in [-0.39, 0.29) is 18.7 Å². The van der Waals surface area contributed by atoms with Crippen molar-refractivity contribution in [2.75, 3.05) is 32.8 Å². The molecule has 0 aromatic heterocycles. The highest BCUT2D eigenvalue weighted by atomic mass is 19.1. The molecule has 1 aromatic carbocycles. The van der Waals surface area contributed by atoms with Gasteiger partial charge in [0.2, 0.25) is 0 Å². The summed E-state index contributed by atoms with van der Waals surface area (Å²) in [6.07, 6.45) is 1.69. The van der Waals surface area contributed by atoms with Crippen LogP contribution in [0.2, 0.25) is 0 Å². The Hall–Kier alpha value is -2.68. The Bertz CT molecular complexity index is 847. The Morgan fingerprint density at radius 2 is 1.75 bits per heavy atom. The van der Waals surface area contributed by atoms with Gasteiger partial charge in [-0.1, -0.05) is 31.9 Å². The van der Waals surface area contributed by atoms with Gasteiger partial charge >= 0.3 is 12.1 Å². The number of rotatable bonds is 6. The number of carbonyl (C=O) groups is 3. The zero-order valence-electron chi connectivity index (χ0n) is 19.3. The molecule has 8 nitrogen and oxygen atoms in total. The first-order valence-corrected chi connectivity index (χ1v) is 11.2. The van der Waals surface area contributed by atoms with Gasteiger partial charge in [-0.2, -0.15) is 0 Å². The van der Waals surface area contributed by atoms with Crippen molar-refractivity contribution in [3.8, 4) is 0 Å². The molecular formula is C23H33FN4O4. The first-order valence-electron chi connectivity index (χ1n) is 11.2. The van der Waals surface area contributed by atoms with Gasteiger partial charge in [-0.15, -0.1) is 0 Å². The molecule has 4 amide bonds. The number of amides is 4. The summed E-state index contributed by atoms with van der Waals surface area (Å²) in [5.41, 5.74) is -1.15. The maximum atomic E-state index is 13.5. The van der Waals surface area contributed by atoms with Crippen LogP contribution < -0.4 is 5.32 Å². The van der Waals surface area contributed by atoms with Gasteiger partial charge in [-0.3, -0.25) is 9.69 Å². The van der Waals surface area contributed by atoms with Crippen LogP contribution in [0, 0.1) is 5.82 Å². The SMILES string of the molecule is CCCC[C@@]1(c2ccc(F)cc2)NC(=O)N(CN2CCN(C(=O)OC(C)(C)C)CC2)C1=O. The molecule has 3 rings (SSSR count). The van der Waals surface area contributed by atoms with Crippen LogP contribution in [0.4, 0.5) is 14.0 Å². The minimum Gasteiger partial charge on any atom is -0.444 e. The van der Waals surface area contributed by atoms with Crippen molar-refractivity contribution in [3.63, 3.8) is 0 Å². The van der Waals surface area contributed by atoms with Crippen LogP contribution in [0.25, 0.3) is 0 Å². The molecule has 0 saturated carbocycles.